The number of rotatable bonds is 2. The second-order valence-corrected chi connectivity index (χ2v) is 4.83. The van der Waals surface area contributed by atoms with Crippen LogP contribution in [0.3, 0.4) is 0 Å². The summed E-state index contributed by atoms with van der Waals surface area (Å²) in [7, 11) is 0. The van der Waals surface area contributed by atoms with E-state index < -0.39 is 0 Å². The van der Waals surface area contributed by atoms with Gasteiger partial charge in [-0.15, -0.1) is 0 Å². The van der Waals surface area contributed by atoms with Gasteiger partial charge in [0.2, 0.25) is 0 Å². The molecule has 15 heavy (non-hydrogen) atoms. The lowest BCUT2D eigenvalue weighted by Crippen LogP contribution is -2.28. The van der Waals surface area contributed by atoms with E-state index in [0.717, 1.165) is 18.8 Å². The second kappa shape index (κ2) is 3.97. The minimum absolute atomic E-state index is 0.556. The van der Waals surface area contributed by atoms with Crippen LogP contribution in [-0.4, -0.2) is 18.2 Å². The number of hydrogen-bond donors (Lipinski definition) is 1. The van der Waals surface area contributed by atoms with Crippen LogP contribution < -0.4 is 5.32 Å². The quantitative estimate of drug-likeness (QED) is 0.807. The third kappa shape index (κ3) is 1.81. The first-order chi connectivity index (χ1) is 7.43. The Balaban J connectivity index is 1.71. The van der Waals surface area contributed by atoms with Gasteiger partial charge in [-0.25, -0.2) is 0 Å². The van der Waals surface area contributed by atoms with Gasteiger partial charge in [0.25, 0.3) is 0 Å². The van der Waals surface area contributed by atoms with Crippen LogP contribution in [0.1, 0.15) is 55.4 Å². The second-order valence-electron chi connectivity index (χ2n) is 4.83. The van der Waals surface area contributed by atoms with Crippen molar-refractivity contribution < 1.29 is 4.52 Å². The Morgan fingerprint density at radius 2 is 2.07 bits per heavy atom. The van der Waals surface area contributed by atoms with Crippen molar-refractivity contribution in [1.82, 2.24) is 10.5 Å². The summed E-state index contributed by atoms with van der Waals surface area (Å²) < 4.78 is 5.47. The molecule has 3 rings (SSSR count). The van der Waals surface area contributed by atoms with Crippen molar-refractivity contribution in [2.24, 2.45) is 0 Å². The molecule has 82 valence electrons. The first-order valence-corrected chi connectivity index (χ1v) is 6.11. The van der Waals surface area contributed by atoms with Crippen LogP contribution in [0.4, 0.5) is 0 Å². The average molecular weight is 206 g/mol. The van der Waals surface area contributed by atoms with Crippen LogP contribution >= 0.6 is 0 Å². The normalized spacial score (nSPS) is 27.6. The maximum atomic E-state index is 5.47. The zero-order chi connectivity index (χ0) is 10.1. The van der Waals surface area contributed by atoms with Crippen molar-refractivity contribution in [2.45, 2.75) is 43.9 Å². The van der Waals surface area contributed by atoms with Gasteiger partial charge in [0.1, 0.15) is 5.76 Å². The van der Waals surface area contributed by atoms with Gasteiger partial charge < -0.3 is 9.84 Å². The van der Waals surface area contributed by atoms with Gasteiger partial charge in [-0.3, -0.25) is 0 Å². The summed E-state index contributed by atoms with van der Waals surface area (Å²) in [5.41, 5.74) is 1.20. The Labute approximate surface area is 90.2 Å². The van der Waals surface area contributed by atoms with E-state index in [2.05, 4.69) is 16.5 Å². The molecule has 1 unspecified atom stereocenters. The molecule has 1 aliphatic heterocycles. The zero-order valence-corrected chi connectivity index (χ0v) is 9.04. The molecule has 0 radical (unpaired) electrons. The third-order valence-corrected chi connectivity index (χ3v) is 3.77. The molecule has 2 aliphatic rings. The fraction of sp³-hybridized carbons (Fsp3) is 0.750. The molecule has 0 amide bonds. The topological polar surface area (TPSA) is 38.1 Å². The first-order valence-electron chi connectivity index (χ1n) is 6.11. The lowest BCUT2D eigenvalue weighted by Gasteiger charge is -2.22. The molecule has 1 aromatic rings. The molecule has 0 aromatic carbocycles. The SMILES string of the molecule is c1c(C2CCC2)noc1C1CCCNC1. The molecular weight excluding hydrogens is 188 g/mol. The van der Waals surface area contributed by atoms with E-state index in [1.165, 1.54) is 37.8 Å². The van der Waals surface area contributed by atoms with Crippen LogP contribution in [0.2, 0.25) is 0 Å². The molecule has 1 N–H and O–H groups in total. The van der Waals surface area contributed by atoms with Crippen LogP contribution in [0, 0.1) is 0 Å². The largest absolute Gasteiger partial charge is 0.361 e. The van der Waals surface area contributed by atoms with Crippen LogP contribution in [0.25, 0.3) is 0 Å². The van der Waals surface area contributed by atoms with Crippen LogP contribution in [0.5, 0.6) is 0 Å². The highest BCUT2D eigenvalue weighted by Crippen LogP contribution is 2.37. The lowest BCUT2D eigenvalue weighted by molar-refractivity contribution is 0.315. The van der Waals surface area contributed by atoms with E-state index in [4.69, 9.17) is 4.52 Å². The molecule has 1 atom stereocenters. The van der Waals surface area contributed by atoms with E-state index in [9.17, 15) is 0 Å². The molecule has 1 saturated heterocycles. The van der Waals surface area contributed by atoms with Crippen LogP contribution in [-0.2, 0) is 0 Å². The lowest BCUT2D eigenvalue weighted by atomic mass is 9.82. The summed E-state index contributed by atoms with van der Waals surface area (Å²) in [4.78, 5) is 0. The predicted molar refractivity (Wildman–Crippen MR) is 57.9 cm³/mol. The molecule has 1 aromatic heterocycles. The van der Waals surface area contributed by atoms with E-state index in [-0.39, 0.29) is 0 Å². The highest BCUT2D eigenvalue weighted by atomic mass is 16.5. The number of piperidine rings is 1. The molecule has 1 saturated carbocycles. The summed E-state index contributed by atoms with van der Waals surface area (Å²) >= 11 is 0. The highest BCUT2D eigenvalue weighted by molar-refractivity contribution is 5.16. The fourth-order valence-corrected chi connectivity index (χ4v) is 2.49. The van der Waals surface area contributed by atoms with E-state index in [1.807, 2.05) is 0 Å². The van der Waals surface area contributed by atoms with Gasteiger partial charge in [0.05, 0.1) is 5.69 Å². The van der Waals surface area contributed by atoms with E-state index in [0.29, 0.717) is 11.8 Å². The third-order valence-electron chi connectivity index (χ3n) is 3.77. The maximum absolute atomic E-state index is 5.47. The Morgan fingerprint density at radius 1 is 1.20 bits per heavy atom. The standard InChI is InChI=1S/C12H18N2O/c1-3-9(4-1)11-7-12(15-14-11)10-5-2-6-13-8-10/h7,9-10,13H,1-6,8H2. The summed E-state index contributed by atoms with van der Waals surface area (Å²) in [5, 5.41) is 7.62. The predicted octanol–water partition coefficient (Wildman–Crippen LogP) is 2.41. The average Bonchev–Trinajstić information content (AvgIpc) is 2.66. The summed E-state index contributed by atoms with van der Waals surface area (Å²) in [6.45, 7) is 2.21. The van der Waals surface area contributed by atoms with Crippen molar-refractivity contribution in [1.29, 1.82) is 0 Å². The number of nitrogens with one attached hydrogen (secondary N) is 1. The molecule has 2 heterocycles. The number of nitrogens with zero attached hydrogens (tertiary/aromatic N) is 1. The highest BCUT2D eigenvalue weighted by Gasteiger charge is 2.25. The van der Waals surface area contributed by atoms with Crippen molar-refractivity contribution in [3.8, 4) is 0 Å². The minimum atomic E-state index is 0.556. The Morgan fingerprint density at radius 3 is 2.73 bits per heavy atom. The zero-order valence-electron chi connectivity index (χ0n) is 9.04. The number of hydrogen-bond acceptors (Lipinski definition) is 3. The van der Waals surface area contributed by atoms with Gasteiger partial charge in [-0.05, 0) is 32.2 Å². The molecule has 2 fully saturated rings. The van der Waals surface area contributed by atoms with Gasteiger partial charge in [-0.2, -0.15) is 0 Å². The minimum Gasteiger partial charge on any atom is -0.361 e. The molecule has 1 aliphatic carbocycles. The smallest absolute Gasteiger partial charge is 0.141 e. The van der Waals surface area contributed by atoms with Crippen molar-refractivity contribution in [2.75, 3.05) is 13.1 Å². The molecule has 0 bridgehead atoms. The van der Waals surface area contributed by atoms with Crippen LogP contribution in [0.15, 0.2) is 10.6 Å². The van der Waals surface area contributed by atoms with Gasteiger partial charge in [-0.1, -0.05) is 11.6 Å². The van der Waals surface area contributed by atoms with Gasteiger partial charge in [0.15, 0.2) is 0 Å². The monoisotopic (exact) mass is 206 g/mol. The van der Waals surface area contributed by atoms with Gasteiger partial charge >= 0.3 is 0 Å². The fourth-order valence-electron chi connectivity index (χ4n) is 2.49. The molecule has 3 nitrogen and oxygen atoms in total. The summed E-state index contributed by atoms with van der Waals surface area (Å²) in [5.74, 6) is 2.35. The van der Waals surface area contributed by atoms with Crippen molar-refractivity contribution >= 4 is 0 Å². The Hall–Kier alpha value is -0.830. The van der Waals surface area contributed by atoms with E-state index >= 15 is 0 Å². The maximum Gasteiger partial charge on any atom is 0.141 e. The van der Waals surface area contributed by atoms with Gasteiger partial charge in [0, 0.05) is 24.4 Å². The Kier molecular flexibility index (Phi) is 2.49. The van der Waals surface area contributed by atoms with Crippen molar-refractivity contribution in [3.63, 3.8) is 0 Å². The molecule has 0 spiro atoms. The first kappa shape index (κ1) is 9.40. The van der Waals surface area contributed by atoms with E-state index in [1.54, 1.807) is 0 Å². The molecule has 3 heteroatoms. The Bertz CT molecular complexity index is 324. The summed E-state index contributed by atoms with van der Waals surface area (Å²) in [6.07, 6.45) is 6.46. The summed E-state index contributed by atoms with van der Waals surface area (Å²) in [6, 6.07) is 2.20. The van der Waals surface area contributed by atoms with Crippen molar-refractivity contribution in [3.05, 3.63) is 17.5 Å². The number of aromatic nitrogens is 1. The molecular formula is C12H18N2O.